The van der Waals surface area contributed by atoms with Crippen LogP contribution in [0, 0.1) is 6.92 Å². The molecule has 0 saturated carbocycles. The summed E-state index contributed by atoms with van der Waals surface area (Å²) in [5.74, 6) is -1.20. The van der Waals surface area contributed by atoms with Gasteiger partial charge in [-0.05, 0) is 24.6 Å². The molecule has 1 fully saturated rings. The molecule has 0 atom stereocenters. The average Bonchev–Trinajstić information content (AvgIpc) is 2.73. The first-order valence-corrected chi connectivity index (χ1v) is 11.2. The third-order valence-electron chi connectivity index (χ3n) is 5.07. The van der Waals surface area contributed by atoms with Crippen LogP contribution >= 0.6 is 11.6 Å². The first-order valence-electron chi connectivity index (χ1n) is 9.34. The molecule has 1 N–H and O–H groups in total. The number of morpholine rings is 1. The Morgan fingerprint density at radius 3 is 2.27 bits per heavy atom. The lowest BCUT2D eigenvalue weighted by atomic mass is 9.91. The van der Waals surface area contributed by atoms with Crippen molar-refractivity contribution in [3.63, 3.8) is 0 Å². The molecule has 1 aliphatic heterocycles. The molecule has 7 nitrogen and oxygen atoms in total. The molecule has 0 bridgehead atoms. The molecule has 1 heterocycles. The zero-order valence-corrected chi connectivity index (χ0v) is 17.7. The van der Waals surface area contributed by atoms with Crippen molar-refractivity contribution in [3.05, 3.63) is 74.8 Å². The van der Waals surface area contributed by atoms with Gasteiger partial charge in [-0.3, -0.25) is 14.3 Å². The fourth-order valence-electron chi connectivity index (χ4n) is 3.53. The molecular weight excluding hydrogens is 428 g/mol. The van der Waals surface area contributed by atoms with Gasteiger partial charge in [0.05, 0.1) is 18.9 Å². The monoisotopic (exact) mass is 446 g/mol. The molecule has 0 unspecified atom stereocenters. The van der Waals surface area contributed by atoms with E-state index in [0.717, 1.165) is 5.56 Å². The predicted molar refractivity (Wildman–Crippen MR) is 113 cm³/mol. The van der Waals surface area contributed by atoms with E-state index in [4.69, 9.17) is 16.3 Å². The van der Waals surface area contributed by atoms with Gasteiger partial charge in [0.25, 0.3) is 10.0 Å². The molecule has 156 valence electrons. The molecule has 0 aromatic heterocycles. The van der Waals surface area contributed by atoms with Crippen molar-refractivity contribution in [2.24, 2.45) is 0 Å². The van der Waals surface area contributed by atoms with Crippen molar-refractivity contribution in [3.8, 4) is 0 Å². The van der Waals surface area contributed by atoms with E-state index in [2.05, 4.69) is 4.72 Å². The van der Waals surface area contributed by atoms with Crippen LogP contribution in [0.15, 0.2) is 53.1 Å². The van der Waals surface area contributed by atoms with Crippen LogP contribution in [0.1, 0.15) is 26.3 Å². The van der Waals surface area contributed by atoms with E-state index in [-0.39, 0.29) is 22.5 Å². The normalized spacial score (nSPS) is 17.2. The Bertz CT molecular complexity index is 1180. The number of sulfonamides is 1. The molecule has 4 rings (SSSR count). The van der Waals surface area contributed by atoms with Crippen LogP contribution in [-0.2, 0) is 14.8 Å². The number of Topliss-reactive ketones (excluding diaryl/α,β-unsaturated/α-hetero) is 2. The number of aryl methyl sites for hydroxylation is 1. The number of halogens is 1. The summed E-state index contributed by atoms with van der Waals surface area (Å²) in [5.41, 5.74) is 1.14. The maximum atomic E-state index is 13.3. The molecular formula is C21H19ClN2O5S. The highest BCUT2D eigenvalue weighted by Crippen LogP contribution is 2.33. The number of carbonyl (C=O) groups excluding carboxylic acids is 2. The van der Waals surface area contributed by atoms with Crippen molar-refractivity contribution in [1.82, 2.24) is 4.90 Å². The first-order chi connectivity index (χ1) is 14.3. The van der Waals surface area contributed by atoms with E-state index in [1.807, 2.05) is 0 Å². The summed E-state index contributed by atoms with van der Waals surface area (Å²) in [6, 6.07) is 10.9. The van der Waals surface area contributed by atoms with E-state index in [0.29, 0.717) is 31.3 Å². The molecule has 0 spiro atoms. The summed E-state index contributed by atoms with van der Waals surface area (Å²) in [4.78, 5) is 27.6. The molecule has 2 aromatic rings. The number of hydrogen-bond acceptors (Lipinski definition) is 6. The van der Waals surface area contributed by atoms with E-state index in [9.17, 15) is 18.0 Å². The summed E-state index contributed by atoms with van der Waals surface area (Å²) in [5, 5.41) is 0.383. The van der Waals surface area contributed by atoms with Crippen LogP contribution in [0.2, 0.25) is 5.02 Å². The number of anilines is 1. The Balaban J connectivity index is 1.86. The highest BCUT2D eigenvalue weighted by molar-refractivity contribution is 7.97. The zero-order chi connectivity index (χ0) is 21.5. The van der Waals surface area contributed by atoms with Crippen LogP contribution in [0.5, 0.6) is 0 Å². The van der Waals surface area contributed by atoms with Gasteiger partial charge in [0, 0.05) is 29.2 Å². The van der Waals surface area contributed by atoms with Gasteiger partial charge in [-0.1, -0.05) is 41.9 Å². The third-order valence-corrected chi connectivity index (χ3v) is 6.90. The largest absolute Gasteiger partial charge is 0.378 e. The predicted octanol–water partition coefficient (Wildman–Crippen LogP) is 3.01. The van der Waals surface area contributed by atoms with Crippen molar-refractivity contribution in [1.29, 1.82) is 0 Å². The molecule has 9 heteroatoms. The fraction of sp³-hybridized carbons (Fsp3) is 0.238. The molecule has 1 saturated heterocycles. The minimum absolute atomic E-state index is 0.0711. The summed E-state index contributed by atoms with van der Waals surface area (Å²) in [7, 11) is -4.37. The van der Waals surface area contributed by atoms with Crippen LogP contribution in [-0.4, -0.2) is 51.2 Å². The van der Waals surface area contributed by atoms with Gasteiger partial charge in [0.15, 0.2) is 4.91 Å². The van der Waals surface area contributed by atoms with Gasteiger partial charge in [-0.2, -0.15) is 0 Å². The topological polar surface area (TPSA) is 92.8 Å². The molecule has 0 radical (unpaired) electrons. The number of benzene rings is 2. The highest BCUT2D eigenvalue weighted by atomic mass is 35.5. The minimum Gasteiger partial charge on any atom is -0.378 e. The van der Waals surface area contributed by atoms with Crippen LogP contribution in [0.3, 0.4) is 0 Å². The van der Waals surface area contributed by atoms with Gasteiger partial charge in [-0.25, -0.2) is 8.42 Å². The summed E-state index contributed by atoms with van der Waals surface area (Å²) < 4.78 is 34.4. The molecule has 1 aliphatic carbocycles. The van der Waals surface area contributed by atoms with Crippen molar-refractivity contribution < 1.29 is 22.7 Å². The Labute approximate surface area is 179 Å². The Hall–Kier alpha value is -2.68. The number of nitrogens with one attached hydrogen (secondary N) is 1. The fourth-order valence-corrected chi connectivity index (χ4v) is 5.08. The average molecular weight is 447 g/mol. The maximum Gasteiger partial charge on any atom is 0.268 e. The van der Waals surface area contributed by atoms with E-state index in [1.165, 1.54) is 18.2 Å². The van der Waals surface area contributed by atoms with Crippen molar-refractivity contribution in [2.45, 2.75) is 6.92 Å². The van der Waals surface area contributed by atoms with Gasteiger partial charge in [-0.15, -0.1) is 0 Å². The Morgan fingerprint density at radius 2 is 1.63 bits per heavy atom. The zero-order valence-electron chi connectivity index (χ0n) is 16.1. The van der Waals surface area contributed by atoms with E-state index < -0.39 is 26.5 Å². The number of ketones is 2. The van der Waals surface area contributed by atoms with Gasteiger partial charge < -0.3 is 9.64 Å². The number of rotatable bonds is 4. The van der Waals surface area contributed by atoms with E-state index in [1.54, 1.807) is 36.1 Å². The molecule has 0 amide bonds. The number of allylic oxidation sites excluding steroid dienone is 2. The second kappa shape index (κ2) is 7.86. The Kier molecular flexibility index (Phi) is 5.40. The molecule has 2 aliphatic rings. The SMILES string of the molecule is Cc1ccc(NS(=O)(=O)C2=C(N3CCOCC3)C(=O)c3ccccc3C2=O)cc1Cl. The van der Waals surface area contributed by atoms with Crippen LogP contribution in [0.25, 0.3) is 0 Å². The van der Waals surface area contributed by atoms with Crippen LogP contribution in [0.4, 0.5) is 5.69 Å². The standard InChI is InChI=1S/C21H19ClN2O5S/c1-13-6-7-14(12-17(13)22)23-30(27,28)21-18(24-8-10-29-11-9-24)19(25)15-4-2-3-5-16(15)20(21)26/h2-7,12,23H,8-11H2,1H3. The number of ether oxygens (including phenoxy) is 1. The van der Waals surface area contributed by atoms with Gasteiger partial charge in [0.1, 0.15) is 5.70 Å². The first kappa shape index (κ1) is 20.6. The second-order valence-electron chi connectivity index (χ2n) is 7.05. The number of carbonyl (C=O) groups is 2. The van der Waals surface area contributed by atoms with Crippen molar-refractivity contribution >= 4 is 38.9 Å². The van der Waals surface area contributed by atoms with Gasteiger partial charge >= 0.3 is 0 Å². The number of hydrogen-bond donors (Lipinski definition) is 1. The molecule has 2 aromatic carbocycles. The van der Waals surface area contributed by atoms with E-state index >= 15 is 0 Å². The Morgan fingerprint density at radius 1 is 1.00 bits per heavy atom. The smallest absolute Gasteiger partial charge is 0.268 e. The maximum absolute atomic E-state index is 13.3. The minimum atomic E-state index is -4.37. The number of nitrogens with zero attached hydrogens (tertiary/aromatic N) is 1. The van der Waals surface area contributed by atoms with Crippen LogP contribution < -0.4 is 4.72 Å². The highest BCUT2D eigenvalue weighted by Gasteiger charge is 2.41. The summed E-state index contributed by atoms with van der Waals surface area (Å²) in [6.07, 6.45) is 0. The molecule has 30 heavy (non-hydrogen) atoms. The number of fused-ring (bicyclic) bond motifs is 1. The lowest BCUT2D eigenvalue weighted by Crippen LogP contribution is -2.43. The summed E-state index contributed by atoms with van der Waals surface area (Å²) >= 11 is 6.11. The lowest BCUT2D eigenvalue weighted by molar-refractivity contribution is 0.0499. The summed E-state index contributed by atoms with van der Waals surface area (Å²) in [6.45, 7) is 3.08. The van der Waals surface area contributed by atoms with Gasteiger partial charge in [0.2, 0.25) is 11.6 Å². The second-order valence-corrected chi connectivity index (χ2v) is 9.08. The quantitative estimate of drug-likeness (QED) is 0.776. The third kappa shape index (κ3) is 3.62. The van der Waals surface area contributed by atoms with Crippen molar-refractivity contribution in [2.75, 3.05) is 31.0 Å². The lowest BCUT2D eigenvalue weighted by Gasteiger charge is -2.33.